The van der Waals surface area contributed by atoms with Crippen molar-refractivity contribution in [1.29, 1.82) is 0 Å². The lowest BCUT2D eigenvalue weighted by molar-refractivity contribution is -0.122. The van der Waals surface area contributed by atoms with Crippen LogP contribution < -0.4 is 17.0 Å². The van der Waals surface area contributed by atoms with Gasteiger partial charge in [0, 0.05) is 0 Å². The Morgan fingerprint density at radius 1 is 1.22 bits per heavy atom. The van der Waals surface area contributed by atoms with Gasteiger partial charge < -0.3 is 5.73 Å². The van der Waals surface area contributed by atoms with E-state index in [1.807, 2.05) is 12.1 Å². The van der Waals surface area contributed by atoms with Crippen molar-refractivity contribution in [3.05, 3.63) is 47.5 Å². The van der Waals surface area contributed by atoms with Crippen molar-refractivity contribution >= 4 is 16.7 Å². The van der Waals surface area contributed by atoms with Gasteiger partial charge in [0.1, 0.15) is 0 Å². The van der Waals surface area contributed by atoms with E-state index in [-0.39, 0.29) is 5.91 Å². The van der Waals surface area contributed by atoms with Gasteiger partial charge in [-0.25, -0.2) is 5.84 Å². The number of fused-ring (bicyclic) bond motifs is 1. The molecule has 0 aliphatic heterocycles. The van der Waals surface area contributed by atoms with Gasteiger partial charge in [0.05, 0.1) is 6.04 Å². The van der Waals surface area contributed by atoms with E-state index in [0.717, 1.165) is 10.9 Å². The van der Waals surface area contributed by atoms with Crippen LogP contribution in [0.2, 0.25) is 0 Å². The Labute approximate surface area is 106 Å². The summed E-state index contributed by atoms with van der Waals surface area (Å²) in [4.78, 5) is 11.3. The highest BCUT2D eigenvalue weighted by Crippen LogP contribution is 2.18. The second kappa shape index (κ2) is 5.16. The first-order valence-corrected chi connectivity index (χ1v) is 5.85. The first-order chi connectivity index (χ1) is 8.60. The van der Waals surface area contributed by atoms with Gasteiger partial charge in [0.15, 0.2) is 0 Å². The van der Waals surface area contributed by atoms with E-state index in [0.29, 0.717) is 6.42 Å². The molecule has 0 saturated heterocycles. The summed E-state index contributed by atoms with van der Waals surface area (Å²) in [6, 6.07) is 11.7. The second-order valence-corrected chi connectivity index (χ2v) is 4.50. The van der Waals surface area contributed by atoms with Crippen LogP contribution in [-0.2, 0) is 11.2 Å². The van der Waals surface area contributed by atoms with E-state index in [1.54, 1.807) is 0 Å². The summed E-state index contributed by atoms with van der Waals surface area (Å²) in [7, 11) is 0. The molecule has 4 nitrogen and oxygen atoms in total. The molecule has 1 amide bonds. The Hall–Kier alpha value is -1.91. The maximum absolute atomic E-state index is 11.3. The van der Waals surface area contributed by atoms with Crippen molar-refractivity contribution in [1.82, 2.24) is 5.43 Å². The smallest absolute Gasteiger partial charge is 0.251 e. The quantitative estimate of drug-likeness (QED) is 0.427. The SMILES string of the molecule is Cc1ccc2cc(CC(N)C(=O)NN)ccc2c1. The van der Waals surface area contributed by atoms with Gasteiger partial charge in [-0.2, -0.15) is 0 Å². The van der Waals surface area contributed by atoms with Gasteiger partial charge in [0.2, 0.25) is 0 Å². The van der Waals surface area contributed by atoms with E-state index in [9.17, 15) is 4.79 Å². The fourth-order valence-corrected chi connectivity index (χ4v) is 2.00. The Morgan fingerprint density at radius 3 is 2.61 bits per heavy atom. The Kier molecular flexibility index (Phi) is 3.60. The molecule has 5 N–H and O–H groups in total. The maximum atomic E-state index is 11.3. The molecule has 0 saturated carbocycles. The number of aryl methyl sites for hydroxylation is 1. The highest BCUT2D eigenvalue weighted by atomic mass is 16.2. The van der Waals surface area contributed by atoms with Crippen LogP contribution in [0, 0.1) is 6.92 Å². The van der Waals surface area contributed by atoms with Crippen LogP contribution in [0.15, 0.2) is 36.4 Å². The molecule has 1 atom stereocenters. The number of amides is 1. The van der Waals surface area contributed by atoms with E-state index in [1.165, 1.54) is 10.9 Å². The van der Waals surface area contributed by atoms with Crippen molar-refractivity contribution in [2.45, 2.75) is 19.4 Å². The number of carbonyl (C=O) groups is 1. The fraction of sp³-hybridized carbons (Fsp3) is 0.214. The molecule has 0 heterocycles. The number of rotatable bonds is 3. The molecule has 94 valence electrons. The van der Waals surface area contributed by atoms with E-state index in [4.69, 9.17) is 11.6 Å². The monoisotopic (exact) mass is 243 g/mol. The van der Waals surface area contributed by atoms with Crippen molar-refractivity contribution in [3.8, 4) is 0 Å². The van der Waals surface area contributed by atoms with Gasteiger partial charge in [0.25, 0.3) is 5.91 Å². The van der Waals surface area contributed by atoms with Gasteiger partial charge >= 0.3 is 0 Å². The van der Waals surface area contributed by atoms with Crippen LogP contribution in [-0.4, -0.2) is 11.9 Å². The molecular weight excluding hydrogens is 226 g/mol. The van der Waals surface area contributed by atoms with Crippen LogP contribution >= 0.6 is 0 Å². The van der Waals surface area contributed by atoms with Gasteiger partial charge in [-0.3, -0.25) is 10.2 Å². The lowest BCUT2D eigenvalue weighted by atomic mass is 10.0. The van der Waals surface area contributed by atoms with Crippen LogP contribution in [0.3, 0.4) is 0 Å². The molecule has 0 aliphatic carbocycles. The molecule has 0 spiro atoms. The number of carbonyl (C=O) groups excluding carboxylic acids is 1. The minimum Gasteiger partial charge on any atom is -0.320 e. The second-order valence-electron chi connectivity index (χ2n) is 4.50. The number of hydrazine groups is 1. The van der Waals surface area contributed by atoms with Crippen LogP contribution in [0.5, 0.6) is 0 Å². The van der Waals surface area contributed by atoms with Gasteiger partial charge in [-0.05, 0) is 29.7 Å². The van der Waals surface area contributed by atoms with Crippen LogP contribution in [0.1, 0.15) is 11.1 Å². The third-order valence-corrected chi connectivity index (χ3v) is 2.99. The Balaban J connectivity index is 2.25. The molecule has 2 aromatic carbocycles. The molecule has 0 aliphatic rings. The van der Waals surface area contributed by atoms with Crippen LogP contribution in [0.4, 0.5) is 0 Å². The zero-order valence-corrected chi connectivity index (χ0v) is 10.3. The standard InChI is InChI=1S/C14H17N3O/c1-9-2-4-12-7-10(3-5-11(12)6-9)8-13(15)14(18)17-16/h2-7,13H,8,15-16H2,1H3,(H,17,18). The van der Waals surface area contributed by atoms with Gasteiger partial charge in [-0.1, -0.05) is 42.0 Å². The number of benzene rings is 2. The highest BCUT2D eigenvalue weighted by molar-refractivity contribution is 5.84. The van der Waals surface area contributed by atoms with E-state index in [2.05, 4.69) is 36.6 Å². The molecule has 2 rings (SSSR count). The average molecular weight is 243 g/mol. The molecule has 0 radical (unpaired) electrons. The normalized spacial score (nSPS) is 12.4. The molecular formula is C14H17N3O. The zero-order valence-electron chi connectivity index (χ0n) is 10.3. The third-order valence-electron chi connectivity index (χ3n) is 2.99. The van der Waals surface area contributed by atoms with Crippen molar-refractivity contribution in [2.75, 3.05) is 0 Å². The third kappa shape index (κ3) is 2.67. The van der Waals surface area contributed by atoms with Crippen molar-refractivity contribution in [3.63, 3.8) is 0 Å². The molecule has 0 aromatic heterocycles. The number of nitrogens with two attached hydrogens (primary N) is 2. The molecule has 0 fully saturated rings. The summed E-state index contributed by atoms with van der Waals surface area (Å²) in [6.45, 7) is 2.06. The zero-order chi connectivity index (χ0) is 13.1. The first kappa shape index (κ1) is 12.5. The Morgan fingerprint density at radius 2 is 1.89 bits per heavy atom. The summed E-state index contributed by atoms with van der Waals surface area (Å²) in [5.41, 5.74) is 10.1. The topological polar surface area (TPSA) is 81.1 Å². The Bertz CT molecular complexity index is 580. The summed E-state index contributed by atoms with van der Waals surface area (Å²) < 4.78 is 0. The summed E-state index contributed by atoms with van der Waals surface area (Å²) in [5, 5.41) is 2.34. The van der Waals surface area contributed by atoms with E-state index >= 15 is 0 Å². The number of hydrogen-bond acceptors (Lipinski definition) is 3. The van der Waals surface area contributed by atoms with Gasteiger partial charge in [-0.15, -0.1) is 0 Å². The fourth-order valence-electron chi connectivity index (χ4n) is 2.00. The maximum Gasteiger partial charge on any atom is 0.251 e. The predicted octanol–water partition coefficient (Wildman–Crippen LogP) is 1.01. The van der Waals surface area contributed by atoms with Crippen LogP contribution in [0.25, 0.3) is 10.8 Å². The number of nitrogens with one attached hydrogen (secondary N) is 1. The lowest BCUT2D eigenvalue weighted by Gasteiger charge is -2.10. The highest BCUT2D eigenvalue weighted by Gasteiger charge is 2.12. The first-order valence-electron chi connectivity index (χ1n) is 5.85. The van der Waals surface area contributed by atoms with Crippen molar-refractivity contribution in [2.24, 2.45) is 11.6 Å². The molecule has 18 heavy (non-hydrogen) atoms. The average Bonchev–Trinajstić information content (AvgIpc) is 2.38. The molecule has 0 bridgehead atoms. The molecule has 4 heteroatoms. The summed E-state index contributed by atoms with van der Waals surface area (Å²) in [5.74, 6) is 4.71. The number of hydrogen-bond donors (Lipinski definition) is 3. The minimum absolute atomic E-state index is 0.348. The summed E-state index contributed by atoms with van der Waals surface area (Å²) >= 11 is 0. The predicted molar refractivity (Wildman–Crippen MR) is 72.7 cm³/mol. The molecule has 1 unspecified atom stereocenters. The van der Waals surface area contributed by atoms with Crippen molar-refractivity contribution < 1.29 is 4.79 Å². The summed E-state index contributed by atoms with van der Waals surface area (Å²) in [6.07, 6.45) is 0.479. The lowest BCUT2D eigenvalue weighted by Crippen LogP contribution is -2.45. The largest absolute Gasteiger partial charge is 0.320 e. The minimum atomic E-state index is -0.613. The van der Waals surface area contributed by atoms with E-state index < -0.39 is 6.04 Å². The molecule has 2 aromatic rings.